The number of hydrogen-bond acceptors (Lipinski definition) is 3. The maximum absolute atomic E-state index is 12.6. The van der Waals surface area contributed by atoms with Gasteiger partial charge in [0.25, 0.3) is 11.8 Å². The molecule has 0 aromatic heterocycles. The van der Waals surface area contributed by atoms with Gasteiger partial charge in [0.05, 0.1) is 5.69 Å². The topological polar surface area (TPSA) is 37.4 Å². The second-order valence-corrected chi connectivity index (χ2v) is 6.51. The van der Waals surface area contributed by atoms with Crippen LogP contribution < -0.4 is 4.90 Å². The minimum atomic E-state index is -0.381. The minimum Gasteiger partial charge on any atom is -0.272 e. The molecule has 1 saturated heterocycles. The average molecular weight is 285 g/mol. The summed E-state index contributed by atoms with van der Waals surface area (Å²) in [6.07, 6.45) is 1.97. The molecule has 0 aliphatic carbocycles. The fourth-order valence-electron chi connectivity index (χ4n) is 2.60. The monoisotopic (exact) mass is 285 g/mol. The molecule has 0 N–H and O–H groups in total. The number of nitrogens with zero attached hydrogens (tertiary/aromatic N) is 1. The molecule has 1 atom stereocenters. The highest BCUT2D eigenvalue weighted by molar-refractivity contribution is 8.04. The lowest BCUT2D eigenvalue weighted by atomic mass is 10.1. The van der Waals surface area contributed by atoms with Crippen molar-refractivity contribution in [3.05, 3.63) is 52.0 Å². The van der Waals surface area contributed by atoms with Gasteiger partial charge in [-0.25, -0.2) is 4.90 Å². The summed E-state index contributed by atoms with van der Waals surface area (Å²) in [5, 5.41) is -0.381. The van der Waals surface area contributed by atoms with Crippen molar-refractivity contribution < 1.29 is 9.59 Å². The first-order valence-electron chi connectivity index (χ1n) is 6.49. The summed E-state index contributed by atoms with van der Waals surface area (Å²) in [6.45, 7) is 5.85. The van der Waals surface area contributed by atoms with Gasteiger partial charge in [-0.1, -0.05) is 17.7 Å². The molecule has 2 aliphatic heterocycles. The van der Waals surface area contributed by atoms with Crippen LogP contribution in [0.4, 0.5) is 5.69 Å². The predicted octanol–water partition coefficient (Wildman–Crippen LogP) is 3.20. The second kappa shape index (κ2) is 4.63. The third-order valence-electron chi connectivity index (χ3n) is 3.58. The van der Waals surface area contributed by atoms with E-state index in [1.807, 2.05) is 51.1 Å². The summed E-state index contributed by atoms with van der Waals surface area (Å²) in [4.78, 5) is 27.5. The Morgan fingerprint density at radius 3 is 2.35 bits per heavy atom. The van der Waals surface area contributed by atoms with E-state index >= 15 is 0 Å². The van der Waals surface area contributed by atoms with E-state index in [0.29, 0.717) is 11.3 Å². The molecule has 2 amide bonds. The van der Waals surface area contributed by atoms with Crippen LogP contribution in [-0.2, 0) is 9.59 Å². The SMILES string of the molecule is CC1=CC(C)=C2C(=O)N(c3ccc(C)cc3)C(=O)C2S1. The first kappa shape index (κ1) is 13.2. The summed E-state index contributed by atoms with van der Waals surface area (Å²) >= 11 is 1.47. The maximum Gasteiger partial charge on any atom is 0.262 e. The van der Waals surface area contributed by atoms with Crippen molar-refractivity contribution in [2.24, 2.45) is 0 Å². The molecule has 0 saturated carbocycles. The number of rotatable bonds is 1. The number of carbonyl (C=O) groups excluding carboxylic acids is 2. The highest BCUT2D eigenvalue weighted by Gasteiger charge is 2.46. The average Bonchev–Trinajstić information content (AvgIpc) is 2.63. The molecular weight excluding hydrogens is 270 g/mol. The zero-order valence-electron chi connectivity index (χ0n) is 11.6. The predicted molar refractivity (Wildman–Crippen MR) is 81.5 cm³/mol. The molecule has 20 heavy (non-hydrogen) atoms. The molecule has 3 rings (SSSR count). The molecule has 1 aromatic rings. The molecule has 102 valence electrons. The van der Waals surface area contributed by atoms with Crippen LogP contribution in [0.5, 0.6) is 0 Å². The van der Waals surface area contributed by atoms with Gasteiger partial charge in [0, 0.05) is 5.57 Å². The highest BCUT2D eigenvalue weighted by Crippen LogP contribution is 2.41. The summed E-state index contributed by atoms with van der Waals surface area (Å²) < 4.78 is 0. The van der Waals surface area contributed by atoms with E-state index < -0.39 is 0 Å². The quantitative estimate of drug-likeness (QED) is 0.744. The molecule has 1 aromatic carbocycles. The molecule has 0 spiro atoms. The van der Waals surface area contributed by atoms with Gasteiger partial charge in [-0.05, 0) is 49.5 Å². The van der Waals surface area contributed by atoms with Crippen molar-refractivity contribution >= 4 is 29.3 Å². The van der Waals surface area contributed by atoms with Gasteiger partial charge in [0.1, 0.15) is 5.25 Å². The second-order valence-electron chi connectivity index (χ2n) is 5.16. The first-order chi connectivity index (χ1) is 9.49. The van der Waals surface area contributed by atoms with E-state index in [2.05, 4.69) is 0 Å². The Kier molecular flexibility index (Phi) is 3.05. The number of carbonyl (C=O) groups is 2. The van der Waals surface area contributed by atoms with E-state index in [1.54, 1.807) is 0 Å². The number of hydrogen-bond donors (Lipinski definition) is 0. The summed E-state index contributed by atoms with van der Waals surface area (Å²) in [6, 6.07) is 7.47. The standard InChI is InChI=1S/C16H15NO2S/c1-9-4-6-12(7-5-9)17-15(18)13-10(2)8-11(3)20-14(13)16(17)19/h4-8,14H,1-3H3. The Morgan fingerprint density at radius 2 is 1.70 bits per heavy atom. The largest absolute Gasteiger partial charge is 0.272 e. The lowest BCUT2D eigenvalue weighted by Gasteiger charge is -2.15. The van der Waals surface area contributed by atoms with Crippen LogP contribution >= 0.6 is 11.8 Å². The van der Waals surface area contributed by atoms with Crippen LogP contribution in [0.3, 0.4) is 0 Å². The van der Waals surface area contributed by atoms with Crippen molar-refractivity contribution in [2.45, 2.75) is 26.0 Å². The zero-order valence-corrected chi connectivity index (χ0v) is 12.5. The lowest BCUT2D eigenvalue weighted by molar-refractivity contribution is -0.120. The molecule has 2 aliphatic rings. The van der Waals surface area contributed by atoms with Gasteiger partial charge in [-0.3, -0.25) is 9.59 Å². The lowest BCUT2D eigenvalue weighted by Crippen LogP contribution is -2.31. The molecule has 2 heterocycles. The number of thioether (sulfide) groups is 1. The Hall–Kier alpha value is -1.81. The summed E-state index contributed by atoms with van der Waals surface area (Å²) in [5.74, 6) is -0.316. The van der Waals surface area contributed by atoms with E-state index in [4.69, 9.17) is 0 Å². The van der Waals surface area contributed by atoms with Gasteiger partial charge in [-0.2, -0.15) is 0 Å². The van der Waals surface area contributed by atoms with Gasteiger partial charge in [0.15, 0.2) is 0 Å². The fourth-order valence-corrected chi connectivity index (χ4v) is 3.83. The Morgan fingerprint density at radius 1 is 1.05 bits per heavy atom. The van der Waals surface area contributed by atoms with Crippen LogP contribution in [0.15, 0.2) is 46.4 Å². The smallest absolute Gasteiger partial charge is 0.262 e. The molecule has 4 heteroatoms. The van der Waals surface area contributed by atoms with Crippen molar-refractivity contribution in [3.63, 3.8) is 0 Å². The molecular formula is C16H15NO2S. The molecule has 3 nitrogen and oxygen atoms in total. The number of anilines is 1. The number of fused-ring (bicyclic) bond motifs is 1. The zero-order chi connectivity index (χ0) is 14.4. The highest BCUT2D eigenvalue weighted by atomic mass is 32.2. The molecule has 1 unspecified atom stereocenters. The molecule has 1 fully saturated rings. The number of imide groups is 1. The Labute approximate surface area is 122 Å². The third kappa shape index (κ3) is 1.91. The van der Waals surface area contributed by atoms with Crippen LogP contribution in [0.25, 0.3) is 0 Å². The minimum absolute atomic E-state index is 0.134. The fraction of sp³-hybridized carbons (Fsp3) is 0.250. The van der Waals surface area contributed by atoms with Crippen molar-refractivity contribution in [1.29, 1.82) is 0 Å². The van der Waals surface area contributed by atoms with Crippen LogP contribution in [-0.4, -0.2) is 17.1 Å². The van der Waals surface area contributed by atoms with Gasteiger partial charge >= 0.3 is 0 Å². The van der Waals surface area contributed by atoms with Crippen LogP contribution in [0.2, 0.25) is 0 Å². The maximum atomic E-state index is 12.6. The van der Waals surface area contributed by atoms with Crippen molar-refractivity contribution in [1.82, 2.24) is 0 Å². The van der Waals surface area contributed by atoms with Gasteiger partial charge in [0.2, 0.25) is 0 Å². The third-order valence-corrected chi connectivity index (χ3v) is 4.74. The van der Waals surface area contributed by atoms with E-state index in [0.717, 1.165) is 16.0 Å². The van der Waals surface area contributed by atoms with Crippen LogP contribution in [0.1, 0.15) is 19.4 Å². The van der Waals surface area contributed by atoms with Gasteiger partial charge < -0.3 is 0 Å². The summed E-state index contributed by atoms with van der Waals surface area (Å²) in [5.41, 5.74) is 3.29. The first-order valence-corrected chi connectivity index (χ1v) is 7.37. The summed E-state index contributed by atoms with van der Waals surface area (Å²) in [7, 11) is 0. The number of allylic oxidation sites excluding steroid dienone is 3. The number of benzene rings is 1. The Balaban J connectivity index is 2.06. The normalized spacial score (nSPS) is 22.2. The number of aryl methyl sites for hydroxylation is 1. The van der Waals surface area contributed by atoms with Crippen molar-refractivity contribution in [3.8, 4) is 0 Å². The van der Waals surface area contributed by atoms with Gasteiger partial charge in [-0.15, -0.1) is 11.8 Å². The van der Waals surface area contributed by atoms with E-state index in [-0.39, 0.29) is 17.1 Å². The van der Waals surface area contributed by atoms with Crippen molar-refractivity contribution in [2.75, 3.05) is 4.90 Å². The molecule has 0 radical (unpaired) electrons. The van der Waals surface area contributed by atoms with E-state index in [9.17, 15) is 9.59 Å². The molecule has 0 bridgehead atoms. The number of amides is 2. The Bertz CT molecular complexity index is 670. The van der Waals surface area contributed by atoms with Crippen LogP contribution in [0, 0.1) is 6.92 Å². The van der Waals surface area contributed by atoms with E-state index in [1.165, 1.54) is 16.7 Å².